The highest BCUT2D eigenvalue weighted by molar-refractivity contribution is 5.35. The van der Waals surface area contributed by atoms with E-state index in [0.29, 0.717) is 17.7 Å². The second kappa shape index (κ2) is 9.07. The fourth-order valence-corrected chi connectivity index (χ4v) is 3.15. The Kier molecular flexibility index (Phi) is 6.52. The number of alkyl halides is 3. The summed E-state index contributed by atoms with van der Waals surface area (Å²) >= 11 is 0. The highest BCUT2D eigenvalue weighted by Gasteiger charge is 2.40. The van der Waals surface area contributed by atoms with E-state index < -0.39 is 23.7 Å². The lowest BCUT2D eigenvalue weighted by Gasteiger charge is -2.21. The third-order valence-corrected chi connectivity index (χ3v) is 4.57. The van der Waals surface area contributed by atoms with E-state index >= 15 is 0 Å². The molecule has 0 aliphatic carbocycles. The maximum atomic E-state index is 14.0. The zero-order chi connectivity index (χ0) is 20.9. The van der Waals surface area contributed by atoms with Crippen LogP contribution < -0.4 is 4.74 Å². The van der Waals surface area contributed by atoms with Gasteiger partial charge in [-0.05, 0) is 66.8 Å². The first kappa shape index (κ1) is 20.8. The van der Waals surface area contributed by atoms with E-state index in [0.717, 1.165) is 12.1 Å². The molecule has 152 valence electrons. The maximum absolute atomic E-state index is 14.0. The van der Waals surface area contributed by atoms with E-state index in [2.05, 4.69) is 0 Å². The van der Waals surface area contributed by atoms with Crippen LogP contribution >= 0.6 is 0 Å². The zero-order valence-electron chi connectivity index (χ0n) is 15.4. The van der Waals surface area contributed by atoms with E-state index in [4.69, 9.17) is 4.74 Å². The van der Waals surface area contributed by atoms with Crippen molar-refractivity contribution < 1.29 is 26.7 Å². The van der Waals surface area contributed by atoms with Crippen LogP contribution in [0, 0.1) is 11.6 Å². The summed E-state index contributed by atoms with van der Waals surface area (Å²) < 4.78 is 73.2. The molecule has 0 aliphatic heterocycles. The SMILES string of the molecule is Fc1cccc(C(CCCc2ccc(F)c(Oc3ccccc3)c2)C(F)(F)F)c1. The summed E-state index contributed by atoms with van der Waals surface area (Å²) in [4.78, 5) is 0. The topological polar surface area (TPSA) is 9.23 Å². The van der Waals surface area contributed by atoms with Gasteiger partial charge < -0.3 is 4.74 Å². The number of aryl methyl sites for hydroxylation is 1. The van der Waals surface area contributed by atoms with Gasteiger partial charge in [0, 0.05) is 0 Å². The smallest absolute Gasteiger partial charge is 0.395 e. The van der Waals surface area contributed by atoms with Gasteiger partial charge in [0.2, 0.25) is 0 Å². The molecule has 1 nitrogen and oxygen atoms in total. The van der Waals surface area contributed by atoms with Crippen LogP contribution in [0.15, 0.2) is 72.8 Å². The molecule has 0 spiro atoms. The summed E-state index contributed by atoms with van der Waals surface area (Å²) in [6.07, 6.45) is -4.15. The van der Waals surface area contributed by atoms with Crippen molar-refractivity contribution in [3.8, 4) is 11.5 Å². The van der Waals surface area contributed by atoms with Gasteiger partial charge >= 0.3 is 6.18 Å². The van der Waals surface area contributed by atoms with Crippen LogP contribution in [-0.4, -0.2) is 6.18 Å². The minimum Gasteiger partial charge on any atom is -0.454 e. The molecular formula is C23H19F5O. The minimum atomic E-state index is -4.47. The number of ether oxygens (including phenoxy) is 1. The Morgan fingerprint density at radius 1 is 0.828 bits per heavy atom. The Balaban J connectivity index is 1.68. The monoisotopic (exact) mass is 406 g/mol. The van der Waals surface area contributed by atoms with Crippen LogP contribution in [0.3, 0.4) is 0 Å². The van der Waals surface area contributed by atoms with Crippen LogP contribution in [-0.2, 0) is 6.42 Å². The molecule has 6 heteroatoms. The third-order valence-electron chi connectivity index (χ3n) is 4.57. The largest absolute Gasteiger partial charge is 0.454 e. The number of rotatable bonds is 7. The fraction of sp³-hybridized carbons (Fsp3) is 0.217. The van der Waals surface area contributed by atoms with Crippen molar-refractivity contribution in [2.75, 3.05) is 0 Å². The van der Waals surface area contributed by atoms with E-state index in [-0.39, 0.29) is 24.2 Å². The predicted octanol–water partition coefficient (Wildman–Crippen LogP) is 7.43. The standard InChI is InChI=1S/C23H19F5O/c24-18-8-5-7-17(15-18)20(23(26,27)28)11-4-6-16-12-13-21(25)22(14-16)29-19-9-2-1-3-10-19/h1-3,5,7-10,12-15,20H,4,6,11H2. The van der Waals surface area contributed by atoms with Gasteiger partial charge in [-0.1, -0.05) is 36.4 Å². The highest BCUT2D eigenvalue weighted by Crippen LogP contribution is 2.39. The molecule has 0 saturated heterocycles. The molecule has 3 aromatic rings. The van der Waals surface area contributed by atoms with Gasteiger partial charge in [-0.2, -0.15) is 13.2 Å². The second-order valence-electron chi connectivity index (χ2n) is 6.72. The summed E-state index contributed by atoms with van der Waals surface area (Å²) in [5, 5.41) is 0. The predicted molar refractivity (Wildman–Crippen MR) is 101 cm³/mol. The molecule has 0 heterocycles. The van der Waals surface area contributed by atoms with E-state index in [9.17, 15) is 22.0 Å². The van der Waals surface area contributed by atoms with Gasteiger partial charge in [-0.3, -0.25) is 0 Å². The minimum absolute atomic E-state index is 0.0196. The summed E-state index contributed by atoms with van der Waals surface area (Å²) in [6.45, 7) is 0. The molecule has 0 radical (unpaired) electrons. The van der Waals surface area contributed by atoms with Gasteiger partial charge in [0.25, 0.3) is 0 Å². The lowest BCUT2D eigenvalue weighted by molar-refractivity contribution is -0.152. The number of hydrogen-bond donors (Lipinski definition) is 0. The number of hydrogen-bond acceptors (Lipinski definition) is 1. The Bertz CT molecular complexity index is 937. The fourth-order valence-electron chi connectivity index (χ4n) is 3.15. The Morgan fingerprint density at radius 3 is 2.28 bits per heavy atom. The summed E-state index contributed by atoms with van der Waals surface area (Å²) in [5.41, 5.74) is 0.571. The number of para-hydroxylation sites is 1. The second-order valence-corrected chi connectivity index (χ2v) is 6.72. The van der Waals surface area contributed by atoms with Gasteiger partial charge in [0.05, 0.1) is 5.92 Å². The van der Waals surface area contributed by atoms with E-state index in [1.54, 1.807) is 30.3 Å². The van der Waals surface area contributed by atoms with Crippen molar-refractivity contribution in [3.05, 3.63) is 95.6 Å². The molecule has 0 amide bonds. The van der Waals surface area contributed by atoms with Gasteiger partial charge in [-0.15, -0.1) is 0 Å². The lowest BCUT2D eigenvalue weighted by atomic mass is 9.92. The molecule has 1 unspecified atom stereocenters. The third kappa shape index (κ3) is 5.79. The van der Waals surface area contributed by atoms with Gasteiger partial charge in [-0.25, -0.2) is 8.78 Å². The van der Waals surface area contributed by atoms with Crippen molar-refractivity contribution in [2.45, 2.75) is 31.4 Å². The summed E-state index contributed by atoms with van der Waals surface area (Å²) in [7, 11) is 0. The maximum Gasteiger partial charge on any atom is 0.395 e. The van der Waals surface area contributed by atoms with Gasteiger partial charge in [0.15, 0.2) is 11.6 Å². The Labute approximate surface area is 165 Å². The number of benzene rings is 3. The van der Waals surface area contributed by atoms with Crippen molar-refractivity contribution in [2.24, 2.45) is 0 Å². The first-order valence-corrected chi connectivity index (χ1v) is 9.16. The molecule has 0 bridgehead atoms. The molecule has 3 aromatic carbocycles. The molecule has 0 fully saturated rings. The molecule has 0 N–H and O–H groups in total. The normalized spacial score (nSPS) is 12.6. The van der Waals surface area contributed by atoms with Crippen LogP contribution in [0.25, 0.3) is 0 Å². The summed E-state index contributed by atoms with van der Waals surface area (Å²) in [6, 6.07) is 17.5. The van der Waals surface area contributed by atoms with Crippen LogP contribution in [0.1, 0.15) is 29.9 Å². The van der Waals surface area contributed by atoms with Crippen LogP contribution in [0.2, 0.25) is 0 Å². The first-order valence-electron chi connectivity index (χ1n) is 9.16. The molecule has 0 aliphatic rings. The molecule has 3 rings (SSSR count). The van der Waals surface area contributed by atoms with Gasteiger partial charge in [0.1, 0.15) is 11.6 Å². The molecule has 0 saturated carbocycles. The number of halogens is 5. The molecular weight excluding hydrogens is 387 g/mol. The van der Waals surface area contributed by atoms with Crippen molar-refractivity contribution >= 4 is 0 Å². The summed E-state index contributed by atoms with van der Waals surface area (Å²) in [5.74, 6) is -2.51. The van der Waals surface area contributed by atoms with Crippen molar-refractivity contribution in [1.29, 1.82) is 0 Å². The van der Waals surface area contributed by atoms with Crippen LogP contribution in [0.5, 0.6) is 11.5 Å². The Hall–Kier alpha value is -2.89. The molecule has 0 aromatic heterocycles. The van der Waals surface area contributed by atoms with E-state index in [1.807, 2.05) is 0 Å². The molecule has 29 heavy (non-hydrogen) atoms. The Morgan fingerprint density at radius 2 is 1.59 bits per heavy atom. The van der Waals surface area contributed by atoms with Crippen molar-refractivity contribution in [1.82, 2.24) is 0 Å². The van der Waals surface area contributed by atoms with Crippen LogP contribution in [0.4, 0.5) is 22.0 Å². The quantitative estimate of drug-likeness (QED) is 0.371. The molecule has 1 atom stereocenters. The zero-order valence-corrected chi connectivity index (χ0v) is 15.4. The average Bonchev–Trinajstić information content (AvgIpc) is 2.67. The van der Waals surface area contributed by atoms with Crippen molar-refractivity contribution in [3.63, 3.8) is 0 Å². The van der Waals surface area contributed by atoms with E-state index in [1.165, 1.54) is 30.3 Å². The average molecular weight is 406 g/mol. The lowest BCUT2D eigenvalue weighted by Crippen LogP contribution is -2.21. The first-order chi connectivity index (χ1) is 13.8. The highest BCUT2D eigenvalue weighted by atomic mass is 19.4.